The van der Waals surface area contributed by atoms with Crippen molar-refractivity contribution in [2.75, 3.05) is 0 Å². The normalized spacial score (nSPS) is 11.6. The van der Waals surface area contributed by atoms with Gasteiger partial charge < -0.3 is 0 Å². The molecule has 0 saturated carbocycles. The van der Waals surface area contributed by atoms with Gasteiger partial charge in [0.2, 0.25) is 0 Å². The van der Waals surface area contributed by atoms with Crippen molar-refractivity contribution in [1.82, 2.24) is 0 Å². The van der Waals surface area contributed by atoms with E-state index in [0.29, 0.717) is 17.8 Å². The lowest BCUT2D eigenvalue weighted by molar-refractivity contribution is -0.478. The molecule has 0 aromatic heterocycles. The summed E-state index contributed by atoms with van der Waals surface area (Å²) in [6.07, 6.45) is 0. The zero-order chi connectivity index (χ0) is 25.1. The zero-order valence-corrected chi connectivity index (χ0v) is 23.9. The van der Waals surface area contributed by atoms with Crippen LogP contribution in [0.3, 0.4) is 0 Å². The molecule has 0 bridgehead atoms. The highest BCUT2D eigenvalue weighted by Crippen LogP contribution is 2.39. The molecule has 0 unspecified atom stereocenters. The molecule has 0 heterocycles. The van der Waals surface area contributed by atoms with Crippen LogP contribution in [0.5, 0.6) is 0 Å². The Balaban J connectivity index is 2.02. The Bertz CT molecular complexity index is 1200. The quantitative estimate of drug-likeness (QED) is 0.167. The summed E-state index contributed by atoms with van der Waals surface area (Å²) in [5.41, 5.74) is 12.1. The number of benzene rings is 4. The average Bonchev–Trinajstić information content (AvgIpc) is 2.85. The van der Waals surface area contributed by atoms with E-state index in [2.05, 4.69) is 154 Å². The first-order valence-corrected chi connectivity index (χ1v) is 13.8. The van der Waals surface area contributed by atoms with Gasteiger partial charge in [0.1, 0.15) is 5.69 Å². The Labute approximate surface area is 225 Å². The van der Waals surface area contributed by atoms with Gasteiger partial charge >= 0.3 is 0 Å². The van der Waals surface area contributed by atoms with Crippen molar-refractivity contribution in [3.63, 3.8) is 0 Å². The van der Waals surface area contributed by atoms with E-state index < -0.39 is 0 Å². The van der Waals surface area contributed by atoms with E-state index >= 15 is 0 Å². The van der Waals surface area contributed by atoms with Gasteiger partial charge in [-0.2, -0.15) is 0 Å². The summed E-state index contributed by atoms with van der Waals surface area (Å²) in [6.45, 7) is 13.9. The molecule has 0 amide bonds. The molecular weight excluding hydrogens is 537 g/mol. The third-order valence-electron chi connectivity index (χ3n) is 6.78. The molecule has 180 valence electrons. The summed E-state index contributed by atoms with van der Waals surface area (Å²) < 4.78 is 1.25. The standard InChI is InChI=1S/C33H36IN/c1-21(2)26-17-28(22(3)4)32(29(18-26)23(5)6)35-33-30(24-13-9-7-10-14-24)19-27(34)20-31(33)25-15-11-8-12-16-25/h7-23,35H,1-6H3/p+1. The molecule has 4 aromatic carbocycles. The Morgan fingerprint density at radius 2 is 0.971 bits per heavy atom. The predicted molar refractivity (Wildman–Crippen MR) is 160 cm³/mol. The minimum absolute atomic E-state index is 0.446. The number of halogens is 1. The maximum atomic E-state index is 2.48. The van der Waals surface area contributed by atoms with Gasteiger partial charge in [0, 0.05) is 25.8 Å². The molecular formula is C33H37IN+. The second-order valence-electron chi connectivity index (χ2n) is 10.4. The van der Waals surface area contributed by atoms with Gasteiger partial charge in [-0.1, -0.05) is 102 Å². The molecule has 0 aliphatic carbocycles. The average molecular weight is 575 g/mol. The van der Waals surface area contributed by atoms with Crippen LogP contribution in [0.15, 0.2) is 84.9 Å². The molecule has 0 saturated heterocycles. The monoisotopic (exact) mass is 574 g/mol. The van der Waals surface area contributed by atoms with E-state index in [-0.39, 0.29) is 0 Å². The van der Waals surface area contributed by atoms with Crippen molar-refractivity contribution in [2.45, 2.75) is 59.3 Å². The summed E-state index contributed by atoms with van der Waals surface area (Å²) >= 11 is 2.46. The van der Waals surface area contributed by atoms with E-state index in [1.165, 1.54) is 53.9 Å². The Morgan fingerprint density at radius 3 is 1.34 bits per heavy atom. The topological polar surface area (TPSA) is 16.6 Å². The Hall–Kier alpha value is -2.43. The second kappa shape index (κ2) is 11.1. The fourth-order valence-electron chi connectivity index (χ4n) is 4.81. The van der Waals surface area contributed by atoms with Crippen molar-refractivity contribution in [2.24, 2.45) is 0 Å². The predicted octanol–water partition coefficient (Wildman–Crippen LogP) is 9.52. The molecule has 4 rings (SSSR count). The van der Waals surface area contributed by atoms with E-state index in [1.54, 1.807) is 0 Å². The van der Waals surface area contributed by atoms with Gasteiger partial charge in [-0.25, -0.2) is 0 Å². The van der Waals surface area contributed by atoms with E-state index in [0.717, 1.165) is 0 Å². The highest BCUT2D eigenvalue weighted by molar-refractivity contribution is 14.1. The van der Waals surface area contributed by atoms with Crippen LogP contribution < -0.4 is 5.32 Å². The van der Waals surface area contributed by atoms with Crippen molar-refractivity contribution in [3.05, 3.63) is 105 Å². The molecule has 0 aliphatic rings. The Morgan fingerprint density at radius 1 is 0.543 bits per heavy atom. The minimum atomic E-state index is 0.446. The summed E-state index contributed by atoms with van der Waals surface area (Å²) in [4.78, 5) is 0. The molecule has 0 radical (unpaired) electrons. The lowest BCUT2D eigenvalue weighted by atomic mass is 9.86. The van der Waals surface area contributed by atoms with Crippen LogP contribution >= 0.6 is 22.6 Å². The van der Waals surface area contributed by atoms with Crippen LogP contribution in [-0.2, 0) is 0 Å². The van der Waals surface area contributed by atoms with Crippen molar-refractivity contribution >= 4 is 34.0 Å². The summed E-state index contributed by atoms with van der Waals surface area (Å²) in [6, 6.07) is 31.2. The van der Waals surface area contributed by atoms with Gasteiger partial charge in [0.05, 0.1) is 0 Å². The van der Waals surface area contributed by atoms with Crippen LogP contribution in [0.2, 0.25) is 0 Å². The molecule has 0 atom stereocenters. The van der Waals surface area contributed by atoms with Crippen molar-refractivity contribution in [1.29, 1.82) is 0 Å². The fraction of sp³-hybridized carbons (Fsp3) is 0.273. The van der Waals surface area contributed by atoms with Gasteiger partial charge in [-0.3, -0.25) is 5.32 Å². The van der Waals surface area contributed by atoms with Crippen LogP contribution in [0.1, 0.15) is 76.0 Å². The molecule has 0 spiro atoms. The highest BCUT2D eigenvalue weighted by Gasteiger charge is 2.25. The molecule has 0 aliphatic heterocycles. The molecule has 4 aromatic rings. The number of hydrogen-bond donors (Lipinski definition) is 1. The largest absolute Gasteiger partial charge is 0.280 e. The van der Waals surface area contributed by atoms with Crippen LogP contribution in [0.25, 0.3) is 22.3 Å². The first-order chi connectivity index (χ1) is 16.8. The lowest BCUT2D eigenvalue weighted by Gasteiger charge is -2.22. The van der Waals surface area contributed by atoms with Gasteiger partial charge in [-0.15, -0.1) is 0 Å². The van der Waals surface area contributed by atoms with Gasteiger partial charge in [0.15, 0.2) is 5.69 Å². The first-order valence-electron chi connectivity index (χ1n) is 12.7. The molecule has 0 fully saturated rings. The number of hydrogen-bond acceptors (Lipinski definition) is 0. The zero-order valence-electron chi connectivity index (χ0n) is 21.8. The fourth-order valence-corrected chi connectivity index (χ4v) is 5.43. The Kier molecular flexibility index (Phi) is 8.13. The third kappa shape index (κ3) is 5.70. The van der Waals surface area contributed by atoms with Crippen LogP contribution in [-0.4, -0.2) is 0 Å². The summed E-state index contributed by atoms with van der Waals surface area (Å²) in [5.74, 6) is 1.40. The number of quaternary nitrogens is 1. The number of nitrogens with two attached hydrogens (primary N) is 1. The highest BCUT2D eigenvalue weighted by atomic mass is 127. The summed E-state index contributed by atoms with van der Waals surface area (Å²) in [7, 11) is 0. The van der Waals surface area contributed by atoms with Gasteiger partial charge in [-0.05, 0) is 81.3 Å². The second-order valence-corrected chi connectivity index (χ2v) is 11.6. The molecule has 2 heteroatoms. The maximum absolute atomic E-state index is 2.48. The van der Waals surface area contributed by atoms with Crippen LogP contribution in [0.4, 0.5) is 11.4 Å². The summed E-state index contributed by atoms with van der Waals surface area (Å²) in [5, 5.41) is 2.48. The van der Waals surface area contributed by atoms with E-state index in [4.69, 9.17) is 0 Å². The van der Waals surface area contributed by atoms with Gasteiger partial charge in [0.25, 0.3) is 0 Å². The SMILES string of the molecule is CC(C)c1cc(C(C)C)c([NH2+]c2c(-c3ccccc3)cc(I)cc2-c2ccccc2)c(C(C)C)c1. The molecule has 35 heavy (non-hydrogen) atoms. The van der Waals surface area contributed by atoms with Crippen LogP contribution in [0, 0.1) is 3.57 Å². The first kappa shape index (κ1) is 25.7. The van der Waals surface area contributed by atoms with Crippen molar-refractivity contribution < 1.29 is 5.32 Å². The van der Waals surface area contributed by atoms with E-state index in [9.17, 15) is 0 Å². The smallest absolute Gasteiger partial charge is 0.150 e. The third-order valence-corrected chi connectivity index (χ3v) is 7.40. The van der Waals surface area contributed by atoms with E-state index in [1.807, 2.05) is 0 Å². The minimum Gasteiger partial charge on any atom is -0.280 e. The van der Waals surface area contributed by atoms with Crippen molar-refractivity contribution in [3.8, 4) is 22.3 Å². The number of rotatable bonds is 7. The molecule has 1 nitrogen and oxygen atoms in total. The lowest BCUT2D eigenvalue weighted by Crippen LogP contribution is -2.72. The molecule has 2 N–H and O–H groups in total. The maximum Gasteiger partial charge on any atom is 0.150 e.